The summed E-state index contributed by atoms with van der Waals surface area (Å²) in [6, 6.07) is 8.29. The van der Waals surface area contributed by atoms with Crippen LogP contribution in [0.15, 0.2) is 24.3 Å². The molecule has 1 aliphatic carbocycles. The lowest BCUT2D eigenvalue weighted by Crippen LogP contribution is -2.55. The summed E-state index contributed by atoms with van der Waals surface area (Å²) in [4.78, 5) is 0. The van der Waals surface area contributed by atoms with Gasteiger partial charge in [0, 0.05) is 0 Å². The molecule has 0 bridgehead atoms. The van der Waals surface area contributed by atoms with E-state index in [0.717, 1.165) is 18.7 Å². The van der Waals surface area contributed by atoms with Gasteiger partial charge in [0.1, 0.15) is 12.4 Å². The SMILES string of the molecule is CCCNC(CO)(COc1cccc(C(C)C)c1)C1CC1. The van der Waals surface area contributed by atoms with E-state index in [2.05, 4.69) is 38.2 Å². The largest absolute Gasteiger partial charge is 0.492 e. The molecule has 3 nitrogen and oxygen atoms in total. The van der Waals surface area contributed by atoms with Crippen LogP contribution in [0.5, 0.6) is 5.75 Å². The quantitative estimate of drug-likeness (QED) is 0.733. The highest BCUT2D eigenvalue weighted by atomic mass is 16.5. The molecular formula is C18H29NO2. The van der Waals surface area contributed by atoms with Crippen LogP contribution in [0.3, 0.4) is 0 Å². The Balaban J connectivity index is 2.02. The van der Waals surface area contributed by atoms with E-state index >= 15 is 0 Å². The Bertz CT molecular complexity index is 443. The fourth-order valence-corrected chi connectivity index (χ4v) is 2.73. The van der Waals surface area contributed by atoms with Crippen molar-refractivity contribution in [2.45, 2.75) is 51.5 Å². The lowest BCUT2D eigenvalue weighted by molar-refractivity contribution is 0.0850. The Morgan fingerprint density at radius 1 is 1.38 bits per heavy atom. The summed E-state index contributed by atoms with van der Waals surface area (Å²) in [7, 11) is 0. The molecule has 118 valence electrons. The highest BCUT2D eigenvalue weighted by Gasteiger charge is 2.45. The van der Waals surface area contributed by atoms with E-state index in [1.165, 1.54) is 18.4 Å². The third-order valence-corrected chi connectivity index (χ3v) is 4.39. The van der Waals surface area contributed by atoms with Crippen LogP contribution in [0, 0.1) is 5.92 Å². The average Bonchev–Trinajstić information content (AvgIpc) is 3.33. The second kappa shape index (κ2) is 7.28. The number of hydrogen-bond acceptors (Lipinski definition) is 3. The van der Waals surface area contributed by atoms with Crippen LogP contribution in [0.2, 0.25) is 0 Å². The Labute approximate surface area is 128 Å². The van der Waals surface area contributed by atoms with Gasteiger partial charge in [0.2, 0.25) is 0 Å². The van der Waals surface area contributed by atoms with Gasteiger partial charge in [-0.3, -0.25) is 0 Å². The van der Waals surface area contributed by atoms with Crippen LogP contribution in [-0.2, 0) is 0 Å². The van der Waals surface area contributed by atoms with E-state index in [-0.39, 0.29) is 12.1 Å². The Hall–Kier alpha value is -1.06. The molecular weight excluding hydrogens is 262 g/mol. The first-order valence-electron chi connectivity index (χ1n) is 8.20. The highest BCUT2D eigenvalue weighted by Crippen LogP contribution is 2.40. The van der Waals surface area contributed by atoms with Crippen LogP contribution in [0.4, 0.5) is 0 Å². The molecule has 1 atom stereocenters. The summed E-state index contributed by atoms with van der Waals surface area (Å²) in [5, 5.41) is 13.4. The molecule has 1 aromatic carbocycles. The first kappa shape index (κ1) is 16.3. The molecule has 0 aromatic heterocycles. The van der Waals surface area contributed by atoms with Gasteiger partial charge in [-0.05, 0) is 55.3 Å². The van der Waals surface area contributed by atoms with Crippen molar-refractivity contribution in [3.63, 3.8) is 0 Å². The molecule has 0 spiro atoms. The minimum atomic E-state index is -0.274. The predicted octanol–water partition coefficient (Wildman–Crippen LogP) is 3.33. The first-order valence-corrected chi connectivity index (χ1v) is 8.20. The van der Waals surface area contributed by atoms with Gasteiger partial charge in [-0.1, -0.05) is 32.9 Å². The minimum Gasteiger partial charge on any atom is -0.492 e. The van der Waals surface area contributed by atoms with Gasteiger partial charge >= 0.3 is 0 Å². The zero-order valence-electron chi connectivity index (χ0n) is 13.6. The van der Waals surface area contributed by atoms with Crippen LogP contribution in [0.1, 0.15) is 51.5 Å². The molecule has 0 amide bonds. The molecule has 1 fully saturated rings. The summed E-state index contributed by atoms with van der Waals surface area (Å²) in [6.07, 6.45) is 3.44. The van der Waals surface area contributed by atoms with Crippen LogP contribution < -0.4 is 10.1 Å². The Kier molecular flexibility index (Phi) is 5.65. The Morgan fingerprint density at radius 3 is 2.71 bits per heavy atom. The monoisotopic (exact) mass is 291 g/mol. The van der Waals surface area contributed by atoms with E-state index in [0.29, 0.717) is 18.4 Å². The third kappa shape index (κ3) is 4.21. The summed E-state index contributed by atoms with van der Waals surface area (Å²) >= 11 is 0. The molecule has 0 heterocycles. The van der Waals surface area contributed by atoms with Crippen molar-refractivity contribution in [3.8, 4) is 5.75 Å². The van der Waals surface area contributed by atoms with Gasteiger partial charge in [0.05, 0.1) is 12.1 Å². The smallest absolute Gasteiger partial charge is 0.119 e. The van der Waals surface area contributed by atoms with E-state index in [9.17, 15) is 5.11 Å². The van der Waals surface area contributed by atoms with E-state index in [4.69, 9.17) is 4.74 Å². The van der Waals surface area contributed by atoms with Crippen LogP contribution in [0.25, 0.3) is 0 Å². The lowest BCUT2D eigenvalue weighted by Gasteiger charge is -2.33. The zero-order valence-corrected chi connectivity index (χ0v) is 13.6. The molecule has 1 aliphatic rings. The van der Waals surface area contributed by atoms with Gasteiger partial charge in [-0.2, -0.15) is 0 Å². The second-order valence-corrected chi connectivity index (χ2v) is 6.53. The number of benzene rings is 1. The zero-order chi connectivity index (χ0) is 15.3. The Morgan fingerprint density at radius 2 is 2.14 bits per heavy atom. The topological polar surface area (TPSA) is 41.5 Å². The fourth-order valence-electron chi connectivity index (χ4n) is 2.73. The molecule has 0 radical (unpaired) electrons. The van der Waals surface area contributed by atoms with Crippen molar-refractivity contribution in [2.75, 3.05) is 19.8 Å². The van der Waals surface area contributed by atoms with Crippen molar-refractivity contribution in [1.29, 1.82) is 0 Å². The average molecular weight is 291 g/mol. The third-order valence-electron chi connectivity index (χ3n) is 4.39. The molecule has 1 saturated carbocycles. The molecule has 2 rings (SSSR count). The van der Waals surface area contributed by atoms with E-state index < -0.39 is 0 Å². The number of hydrogen-bond donors (Lipinski definition) is 2. The number of aliphatic hydroxyl groups is 1. The van der Waals surface area contributed by atoms with E-state index in [1.807, 2.05) is 12.1 Å². The predicted molar refractivity (Wildman–Crippen MR) is 86.9 cm³/mol. The number of ether oxygens (including phenoxy) is 1. The van der Waals surface area contributed by atoms with Gasteiger partial charge in [0.25, 0.3) is 0 Å². The maximum Gasteiger partial charge on any atom is 0.119 e. The fraction of sp³-hybridized carbons (Fsp3) is 0.667. The van der Waals surface area contributed by atoms with Crippen molar-refractivity contribution in [3.05, 3.63) is 29.8 Å². The molecule has 0 aliphatic heterocycles. The summed E-state index contributed by atoms with van der Waals surface area (Å²) < 4.78 is 6.03. The highest BCUT2D eigenvalue weighted by molar-refractivity contribution is 5.30. The number of aliphatic hydroxyl groups excluding tert-OH is 1. The van der Waals surface area contributed by atoms with Gasteiger partial charge < -0.3 is 15.2 Å². The molecule has 3 heteroatoms. The molecule has 1 unspecified atom stereocenters. The van der Waals surface area contributed by atoms with Gasteiger partial charge in [-0.25, -0.2) is 0 Å². The normalized spacial score (nSPS) is 17.8. The van der Waals surface area contributed by atoms with Gasteiger partial charge in [0.15, 0.2) is 0 Å². The number of nitrogens with one attached hydrogen (secondary N) is 1. The summed E-state index contributed by atoms with van der Waals surface area (Å²) in [6.45, 7) is 8.12. The molecule has 1 aromatic rings. The second-order valence-electron chi connectivity index (χ2n) is 6.53. The van der Waals surface area contributed by atoms with Crippen molar-refractivity contribution in [1.82, 2.24) is 5.32 Å². The molecule has 21 heavy (non-hydrogen) atoms. The molecule has 0 saturated heterocycles. The maximum atomic E-state index is 9.89. The van der Waals surface area contributed by atoms with Crippen molar-refractivity contribution in [2.24, 2.45) is 5.92 Å². The standard InChI is InChI=1S/C18H29NO2/c1-4-10-19-18(12-20,16-8-9-16)13-21-17-7-5-6-15(11-17)14(2)3/h5-7,11,14,16,19-20H,4,8-10,12-13H2,1-3H3. The van der Waals surface area contributed by atoms with Crippen LogP contribution in [-0.4, -0.2) is 30.4 Å². The summed E-state index contributed by atoms with van der Waals surface area (Å²) in [5.74, 6) is 1.94. The maximum absolute atomic E-state index is 9.89. The number of rotatable bonds is 9. The minimum absolute atomic E-state index is 0.140. The van der Waals surface area contributed by atoms with Crippen LogP contribution >= 0.6 is 0 Å². The van der Waals surface area contributed by atoms with Gasteiger partial charge in [-0.15, -0.1) is 0 Å². The molecule has 2 N–H and O–H groups in total. The lowest BCUT2D eigenvalue weighted by atomic mass is 9.95. The van der Waals surface area contributed by atoms with Crippen molar-refractivity contribution < 1.29 is 9.84 Å². The first-order chi connectivity index (χ1) is 10.1. The van der Waals surface area contributed by atoms with E-state index in [1.54, 1.807) is 0 Å². The summed E-state index contributed by atoms with van der Waals surface area (Å²) in [5.41, 5.74) is 1.01. The van der Waals surface area contributed by atoms with Crippen molar-refractivity contribution >= 4 is 0 Å².